The number of carboxylic acids is 1. The van der Waals surface area contributed by atoms with Gasteiger partial charge in [-0.05, 0) is 43.4 Å². The molecule has 116 valence electrons. The van der Waals surface area contributed by atoms with Gasteiger partial charge in [-0.3, -0.25) is 4.79 Å². The zero-order valence-corrected chi connectivity index (χ0v) is 12.8. The number of hydrogen-bond acceptors (Lipinski definition) is 2. The van der Waals surface area contributed by atoms with Crippen molar-refractivity contribution in [3.63, 3.8) is 0 Å². The Labute approximate surface area is 121 Å². The SMILES string of the molecule is CC(CCC(=O)O)CNC(=O)NC1CC(C)CC(C)C1. The minimum atomic E-state index is -0.786. The maximum atomic E-state index is 11.8. The zero-order valence-electron chi connectivity index (χ0n) is 12.8. The molecule has 1 fully saturated rings. The molecule has 0 saturated heterocycles. The van der Waals surface area contributed by atoms with Gasteiger partial charge >= 0.3 is 12.0 Å². The molecule has 0 heterocycles. The van der Waals surface area contributed by atoms with Crippen LogP contribution in [0.3, 0.4) is 0 Å². The van der Waals surface area contributed by atoms with E-state index in [0.717, 1.165) is 12.8 Å². The predicted molar refractivity (Wildman–Crippen MR) is 78.5 cm³/mol. The molecule has 0 bridgehead atoms. The maximum Gasteiger partial charge on any atom is 0.315 e. The van der Waals surface area contributed by atoms with Gasteiger partial charge in [0.25, 0.3) is 0 Å². The number of nitrogens with one attached hydrogen (secondary N) is 2. The second kappa shape index (κ2) is 8.12. The lowest BCUT2D eigenvalue weighted by Gasteiger charge is -2.32. The van der Waals surface area contributed by atoms with Gasteiger partial charge in [0.1, 0.15) is 0 Å². The van der Waals surface area contributed by atoms with E-state index in [-0.39, 0.29) is 24.4 Å². The monoisotopic (exact) mass is 284 g/mol. The summed E-state index contributed by atoms with van der Waals surface area (Å²) in [5.74, 6) is 0.726. The Morgan fingerprint density at radius 1 is 1.20 bits per heavy atom. The van der Waals surface area contributed by atoms with Gasteiger partial charge in [0.15, 0.2) is 0 Å². The molecule has 0 aromatic carbocycles. The average Bonchev–Trinajstić information content (AvgIpc) is 2.32. The molecule has 0 radical (unpaired) electrons. The number of carboxylic acid groups (broad SMARTS) is 1. The van der Waals surface area contributed by atoms with Crippen molar-refractivity contribution < 1.29 is 14.7 Å². The highest BCUT2D eigenvalue weighted by molar-refractivity contribution is 5.74. The fourth-order valence-corrected chi connectivity index (χ4v) is 3.04. The van der Waals surface area contributed by atoms with Gasteiger partial charge in [0.2, 0.25) is 0 Å². The normalized spacial score (nSPS) is 27.6. The van der Waals surface area contributed by atoms with Crippen molar-refractivity contribution in [3.8, 4) is 0 Å². The molecular formula is C15H28N2O3. The van der Waals surface area contributed by atoms with Crippen LogP contribution >= 0.6 is 0 Å². The van der Waals surface area contributed by atoms with Gasteiger partial charge in [-0.15, -0.1) is 0 Å². The Morgan fingerprint density at radius 2 is 1.80 bits per heavy atom. The van der Waals surface area contributed by atoms with Crippen LogP contribution in [-0.2, 0) is 4.79 Å². The standard InChI is InChI=1S/C15H28N2O3/c1-10(4-5-14(18)19)9-16-15(20)17-13-7-11(2)6-12(3)8-13/h10-13H,4-9H2,1-3H3,(H,18,19)(H2,16,17,20). The van der Waals surface area contributed by atoms with E-state index in [4.69, 9.17) is 5.11 Å². The fraction of sp³-hybridized carbons (Fsp3) is 0.867. The minimum absolute atomic E-state index is 0.126. The van der Waals surface area contributed by atoms with E-state index in [1.54, 1.807) is 0 Å². The number of carbonyl (C=O) groups is 2. The summed E-state index contributed by atoms with van der Waals surface area (Å²) in [7, 11) is 0. The molecule has 1 aliphatic rings. The maximum absolute atomic E-state index is 11.8. The van der Waals surface area contributed by atoms with Gasteiger partial charge in [-0.1, -0.05) is 20.8 Å². The van der Waals surface area contributed by atoms with E-state index < -0.39 is 5.97 Å². The van der Waals surface area contributed by atoms with Crippen molar-refractivity contribution in [2.75, 3.05) is 6.54 Å². The Morgan fingerprint density at radius 3 is 2.35 bits per heavy atom. The van der Waals surface area contributed by atoms with E-state index in [9.17, 15) is 9.59 Å². The second-order valence-corrected chi connectivity index (χ2v) is 6.51. The first kappa shape index (κ1) is 16.8. The van der Waals surface area contributed by atoms with E-state index in [0.29, 0.717) is 24.8 Å². The summed E-state index contributed by atoms with van der Waals surface area (Å²) in [6, 6.07) is 0.140. The number of amides is 2. The molecule has 2 amide bonds. The highest BCUT2D eigenvalue weighted by atomic mass is 16.4. The molecule has 0 aromatic rings. The summed E-state index contributed by atoms with van der Waals surface area (Å²) in [6.07, 6.45) is 4.08. The quantitative estimate of drug-likeness (QED) is 0.701. The number of aliphatic carboxylic acids is 1. The summed E-state index contributed by atoms with van der Waals surface area (Å²) < 4.78 is 0. The van der Waals surface area contributed by atoms with Gasteiger partial charge in [0, 0.05) is 19.0 Å². The smallest absolute Gasteiger partial charge is 0.315 e. The third-order valence-corrected chi connectivity index (χ3v) is 3.98. The highest BCUT2D eigenvalue weighted by Crippen LogP contribution is 2.28. The van der Waals surface area contributed by atoms with Gasteiger partial charge in [-0.25, -0.2) is 4.79 Å². The average molecular weight is 284 g/mol. The van der Waals surface area contributed by atoms with Crippen LogP contribution in [0.1, 0.15) is 52.9 Å². The molecule has 1 rings (SSSR count). The third kappa shape index (κ3) is 6.78. The topological polar surface area (TPSA) is 78.4 Å². The minimum Gasteiger partial charge on any atom is -0.481 e. The van der Waals surface area contributed by atoms with Gasteiger partial charge < -0.3 is 15.7 Å². The van der Waals surface area contributed by atoms with Crippen molar-refractivity contribution in [1.29, 1.82) is 0 Å². The predicted octanol–water partition coefficient (Wildman–Crippen LogP) is 2.61. The fourth-order valence-electron chi connectivity index (χ4n) is 3.04. The number of rotatable bonds is 6. The van der Waals surface area contributed by atoms with Crippen LogP contribution in [0.4, 0.5) is 4.79 Å². The number of carbonyl (C=O) groups excluding carboxylic acids is 1. The Bertz CT molecular complexity index is 323. The molecule has 3 atom stereocenters. The van der Waals surface area contributed by atoms with Gasteiger partial charge in [0.05, 0.1) is 0 Å². The molecule has 5 heteroatoms. The zero-order chi connectivity index (χ0) is 15.1. The first-order chi connectivity index (χ1) is 9.36. The van der Waals surface area contributed by atoms with Crippen LogP contribution in [0.25, 0.3) is 0 Å². The Balaban J connectivity index is 2.21. The first-order valence-electron chi connectivity index (χ1n) is 7.63. The number of hydrogen-bond donors (Lipinski definition) is 3. The highest BCUT2D eigenvalue weighted by Gasteiger charge is 2.24. The van der Waals surface area contributed by atoms with Crippen LogP contribution in [0, 0.1) is 17.8 Å². The summed E-state index contributed by atoms with van der Waals surface area (Å²) >= 11 is 0. The van der Waals surface area contributed by atoms with Crippen molar-refractivity contribution in [2.24, 2.45) is 17.8 Å². The lowest BCUT2D eigenvalue weighted by Crippen LogP contribution is -2.46. The largest absolute Gasteiger partial charge is 0.481 e. The van der Waals surface area contributed by atoms with Crippen LogP contribution in [0.15, 0.2) is 0 Å². The third-order valence-electron chi connectivity index (χ3n) is 3.98. The molecule has 0 aromatic heterocycles. The van der Waals surface area contributed by atoms with Crippen molar-refractivity contribution >= 4 is 12.0 Å². The summed E-state index contributed by atoms with van der Waals surface area (Å²) in [4.78, 5) is 22.3. The van der Waals surface area contributed by atoms with Crippen molar-refractivity contribution in [3.05, 3.63) is 0 Å². The number of urea groups is 1. The van der Waals surface area contributed by atoms with E-state index >= 15 is 0 Å². The van der Waals surface area contributed by atoms with E-state index in [1.165, 1.54) is 6.42 Å². The Hall–Kier alpha value is -1.26. The molecule has 1 saturated carbocycles. The molecule has 20 heavy (non-hydrogen) atoms. The van der Waals surface area contributed by atoms with Gasteiger partial charge in [-0.2, -0.15) is 0 Å². The Kier molecular flexibility index (Phi) is 6.82. The molecule has 1 aliphatic carbocycles. The summed E-state index contributed by atoms with van der Waals surface area (Å²) in [5, 5.41) is 14.5. The van der Waals surface area contributed by atoms with Crippen LogP contribution in [0.5, 0.6) is 0 Å². The van der Waals surface area contributed by atoms with Crippen LogP contribution in [-0.4, -0.2) is 29.7 Å². The summed E-state index contributed by atoms with van der Waals surface area (Å²) in [6.45, 7) is 6.94. The molecular weight excluding hydrogens is 256 g/mol. The molecule has 3 unspecified atom stereocenters. The first-order valence-corrected chi connectivity index (χ1v) is 7.63. The lowest BCUT2D eigenvalue weighted by molar-refractivity contribution is -0.137. The molecule has 5 nitrogen and oxygen atoms in total. The molecule has 0 spiro atoms. The van der Waals surface area contributed by atoms with E-state index in [1.807, 2.05) is 6.92 Å². The van der Waals surface area contributed by atoms with Crippen LogP contribution in [0.2, 0.25) is 0 Å². The molecule has 3 N–H and O–H groups in total. The summed E-state index contributed by atoms with van der Waals surface area (Å²) in [5.41, 5.74) is 0. The molecule has 0 aliphatic heterocycles. The lowest BCUT2D eigenvalue weighted by atomic mass is 9.80. The second-order valence-electron chi connectivity index (χ2n) is 6.51. The van der Waals surface area contributed by atoms with Crippen molar-refractivity contribution in [1.82, 2.24) is 10.6 Å². The van der Waals surface area contributed by atoms with E-state index in [2.05, 4.69) is 24.5 Å². The van der Waals surface area contributed by atoms with Crippen LogP contribution < -0.4 is 10.6 Å². The van der Waals surface area contributed by atoms with Crippen molar-refractivity contribution in [2.45, 2.75) is 58.9 Å².